The topological polar surface area (TPSA) is 66.4 Å². The Morgan fingerprint density at radius 1 is 0.833 bits per heavy atom. The highest BCUT2D eigenvalue weighted by Gasteiger charge is 2.30. The van der Waals surface area contributed by atoms with Gasteiger partial charge in [-0.2, -0.15) is 4.31 Å². The summed E-state index contributed by atoms with van der Waals surface area (Å²) in [4.78, 5) is 11.7. The van der Waals surface area contributed by atoms with Crippen LogP contribution in [0.1, 0.15) is 17.0 Å². The summed E-state index contributed by atoms with van der Waals surface area (Å²) in [5, 5.41) is 0. The third-order valence-electron chi connectivity index (χ3n) is 5.40. The molecular weight excluding hydrogens is 396 g/mol. The van der Waals surface area contributed by atoms with Gasteiger partial charge in [0.1, 0.15) is 11.6 Å². The minimum atomic E-state index is -3.50. The Morgan fingerprint density at radius 2 is 1.53 bits per heavy atom. The monoisotopic (exact) mass is 422 g/mol. The summed E-state index contributed by atoms with van der Waals surface area (Å²) in [5.74, 6) is 1.54. The van der Waals surface area contributed by atoms with Gasteiger partial charge < -0.3 is 4.90 Å². The van der Waals surface area contributed by atoms with Crippen LogP contribution in [0, 0.1) is 20.8 Å². The molecule has 3 aromatic rings. The highest BCUT2D eigenvalue weighted by atomic mass is 32.2. The van der Waals surface area contributed by atoms with Crippen molar-refractivity contribution in [3.63, 3.8) is 0 Å². The number of rotatable bonds is 4. The van der Waals surface area contributed by atoms with Crippen molar-refractivity contribution in [1.82, 2.24) is 14.3 Å². The van der Waals surface area contributed by atoms with Gasteiger partial charge in [-0.25, -0.2) is 18.4 Å². The van der Waals surface area contributed by atoms with Crippen molar-refractivity contribution in [2.45, 2.75) is 25.7 Å². The van der Waals surface area contributed by atoms with Crippen LogP contribution < -0.4 is 4.90 Å². The van der Waals surface area contributed by atoms with Crippen molar-refractivity contribution in [3.8, 4) is 11.3 Å². The molecule has 4 rings (SSSR count). The Labute approximate surface area is 178 Å². The van der Waals surface area contributed by atoms with Crippen LogP contribution in [0.4, 0.5) is 5.82 Å². The molecule has 2 aromatic carbocycles. The highest BCUT2D eigenvalue weighted by Crippen LogP contribution is 2.25. The maximum atomic E-state index is 13.1. The van der Waals surface area contributed by atoms with Crippen LogP contribution >= 0.6 is 0 Å². The zero-order chi connectivity index (χ0) is 21.3. The Bertz CT molecular complexity index is 1160. The molecule has 30 heavy (non-hydrogen) atoms. The quantitative estimate of drug-likeness (QED) is 0.643. The molecule has 1 saturated heterocycles. The smallest absolute Gasteiger partial charge is 0.243 e. The molecule has 1 aliphatic rings. The van der Waals surface area contributed by atoms with Gasteiger partial charge in [0.2, 0.25) is 10.0 Å². The van der Waals surface area contributed by atoms with Gasteiger partial charge in [0.05, 0.1) is 10.6 Å². The van der Waals surface area contributed by atoms with Gasteiger partial charge in [0, 0.05) is 37.8 Å². The first-order chi connectivity index (χ1) is 14.3. The summed E-state index contributed by atoms with van der Waals surface area (Å²) >= 11 is 0. The first kappa shape index (κ1) is 20.5. The van der Waals surface area contributed by atoms with Crippen molar-refractivity contribution in [3.05, 3.63) is 71.5 Å². The molecule has 0 amide bonds. The standard InChI is InChI=1S/C23H26N4O2S/c1-17-9-10-22(18(2)15-17)30(28,29)27-13-11-26(12-14-27)23-16-21(24-19(3)25-23)20-7-5-4-6-8-20/h4-10,15-16H,11-14H2,1-3H3. The number of sulfonamides is 1. The second-order valence-corrected chi connectivity index (χ2v) is 9.59. The van der Waals surface area contributed by atoms with E-state index < -0.39 is 10.0 Å². The number of hydrogen-bond acceptors (Lipinski definition) is 5. The number of hydrogen-bond donors (Lipinski definition) is 0. The highest BCUT2D eigenvalue weighted by molar-refractivity contribution is 7.89. The molecule has 0 saturated carbocycles. The fourth-order valence-electron chi connectivity index (χ4n) is 3.86. The van der Waals surface area contributed by atoms with Gasteiger partial charge >= 0.3 is 0 Å². The van der Waals surface area contributed by atoms with Crippen molar-refractivity contribution in [2.75, 3.05) is 31.1 Å². The van der Waals surface area contributed by atoms with E-state index in [-0.39, 0.29) is 0 Å². The Balaban J connectivity index is 1.53. The van der Waals surface area contributed by atoms with E-state index >= 15 is 0 Å². The predicted molar refractivity (Wildman–Crippen MR) is 119 cm³/mol. The molecule has 1 aromatic heterocycles. The van der Waals surface area contributed by atoms with E-state index in [1.54, 1.807) is 10.4 Å². The van der Waals surface area contributed by atoms with E-state index in [1.807, 2.05) is 69.3 Å². The normalized spacial score (nSPS) is 15.4. The van der Waals surface area contributed by atoms with Crippen LogP contribution in [0.3, 0.4) is 0 Å². The summed E-state index contributed by atoms with van der Waals surface area (Å²) in [5.41, 5.74) is 3.77. The molecule has 6 nitrogen and oxygen atoms in total. The summed E-state index contributed by atoms with van der Waals surface area (Å²) in [7, 11) is -3.50. The molecule has 0 N–H and O–H groups in total. The minimum absolute atomic E-state index is 0.394. The Kier molecular flexibility index (Phi) is 5.58. The van der Waals surface area contributed by atoms with Crippen molar-refractivity contribution >= 4 is 15.8 Å². The van der Waals surface area contributed by atoms with Gasteiger partial charge in [0.15, 0.2) is 0 Å². The average molecular weight is 423 g/mol. The molecular formula is C23H26N4O2S. The van der Waals surface area contributed by atoms with E-state index in [1.165, 1.54) is 0 Å². The molecule has 1 aliphatic heterocycles. The predicted octanol–water partition coefficient (Wildman–Crippen LogP) is 3.58. The molecule has 1 fully saturated rings. The summed E-state index contributed by atoms with van der Waals surface area (Å²) in [6, 6.07) is 17.5. The number of benzene rings is 2. The second-order valence-electron chi connectivity index (χ2n) is 7.68. The number of nitrogens with zero attached hydrogens (tertiary/aromatic N) is 4. The van der Waals surface area contributed by atoms with E-state index in [0.29, 0.717) is 36.9 Å². The molecule has 156 valence electrons. The maximum Gasteiger partial charge on any atom is 0.243 e. The van der Waals surface area contributed by atoms with Crippen LogP contribution in [0.25, 0.3) is 11.3 Å². The van der Waals surface area contributed by atoms with Crippen LogP contribution in [0.15, 0.2) is 59.5 Å². The molecule has 0 unspecified atom stereocenters. The lowest BCUT2D eigenvalue weighted by molar-refractivity contribution is 0.383. The van der Waals surface area contributed by atoms with Gasteiger partial charge in [0.25, 0.3) is 0 Å². The number of aryl methyl sites for hydroxylation is 3. The summed E-state index contributed by atoms with van der Waals surface area (Å²) in [6.45, 7) is 7.75. The van der Waals surface area contributed by atoms with Gasteiger partial charge in [-0.05, 0) is 32.4 Å². The van der Waals surface area contributed by atoms with Gasteiger partial charge in [-0.1, -0.05) is 48.0 Å². The van der Waals surface area contributed by atoms with Crippen LogP contribution in [-0.4, -0.2) is 48.9 Å². The van der Waals surface area contributed by atoms with Crippen molar-refractivity contribution in [2.24, 2.45) is 0 Å². The lowest BCUT2D eigenvalue weighted by Gasteiger charge is -2.35. The Hall–Kier alpha value is -2.77. The number of piperazine rings is 1. The molecule has 0 spiro atoms. The van der Waals surface area contributed by atoms with Crippen LogP contribution in [0.5, 0.6) is 0 Å². The number of aromatic nitrogens is 2. The van der Waals surface area contributed by atoms with Crippen LogP contribution in [-0.2, 0) is 10.0 Å². The zero-order valence-electron chi connectivity index (χ0n) is 17.5. The van der Waals surface area contributed by atoms with E-state index in [9.17, 15) is 8.42 Å². The fourth-order valence-corrected chi connectivity index (χ4v) is 5.48. The van der Waals surface area contributed by atoms with E-state index in [0.717, 1.165) is 28.2 Å². The van der Waals surface area contributed by atoms with Crippen LogP contribution in [0.2, 0.25) is 0 Å². The largest absolute Gasteiger partial charge is 0.354 e. The Morgan fingerprint density at radius 3 is 2.20 bits per heavy atom. The zero-order valence-corrected chi connectivity index (χ0v) is 18.4. The van der Waals surface area contributed by atoms with Gasteiger partial charge in [-0.3, -0.25) is 0 Å². The molecule has 0 atom stereocenters. The van der Waals surface area contributed by atoms with E-state index in [2.05, 4.69) is 14.9 Å². The second kappa shape index (κ2) is 8.16. The molecule has 0 bridgehead atoms. The molecule has 2 heterocycles. The fraction of sp³-hybridized carbons (Fsp3) is 0.304. The average Bonchev–Trinajstić information content (AvgIpc) is 2.74. The molecule has 0 aliphatic carbocycles. The first-order valence-corrected chi connectivity index (χ1v) is 11.5. The SMILES string of the molecule is Cc1ccc(S(=O)(=O)N2CCN(c3cc(-c4ccccc4)nc(C)n3)CC2)c(C)c1. The van der Waals surface area contributed by atoms with Crippen molar-refractivity contribution in [1.29, 1.82) is 0 Å². The third kappa shape index (κ3) is 4.08. The lowest BCUT2D eigenvalue weighted by Crippen LogP contribution is -2.49. The molecule has 0 radical (unpaired) electrons. The maximum absolute atomic E-state index is 13.1. The summed E-state index contributed by atoms with van der Waals surface area (Å²) in [6.07, 6.45) is 0. The summed E-state index contributed by atoms with van der Waals surface area (Å²) < 4.78 is 27.9. The molecule has 7 heteroatoms. The van der Waals surface area contributed by atoms with Crippen molar-refractivity contribution < 1.29 is 8.42 Å². The minimum Gasteiger partial charge on any atom is -0.354 e. The first-order valence-electron chi connectivity index (χ1n) is 10.1. The third-order valence-corrected chi connectivity index (χ3v) is 7.46. The lowest BCUT2D eigenvalue weighted by atomic mass is 10.1. The van der Waals surface area contributed by atoms with E-state index in [4.69, 9.17) is 0 Å². The number of anilines is 1. The van der Waals surface area contributed by atoms with Gasteiger partial charge in [-0.15, -0.1) is 0 Å².